The first-order valence-electron chi connectivity index (χ1n) is 4.82. The zero-order valence-electron chi connectivity index (χ0n) is 9.07. The van der Waals surface area contributed by atoms with E-state index in [2.05, 4.69) is 15.3 Å². The van der Waals surface area contributed by atoms with Crippen LogP contribution in [0.3, 0.4) is 0 Å². The lowest BCUT2D eigenvalue weighted by Crippen LogP contribution is -1.96. The highest BCUT2D eigenvalue weighted by Gasteiger charge is 2.04. The van der Waals surface area contributed by atoms with Crippen molar-refractivity contribution >= 4 is 17.7 Å². The third-order valence-electron chi connectivity index (χ3n) is 2.00. The van der Waals surface area contributed by atoms with Crippen molar-refractivity contribution in [3.05, 3.63) is 35.8 Å². The Hall–Kier alpha value is -1.89. The van der Waals surface area contributed by atoms with Crippen LogP contribution >= 0.6 is 11.8 Å². The molecule has 6 nitrogen and oxygen atoms in total. The van der Waals surface area contributed by atoms with Crippen molar-refractivity contribution in [2.24, 2.45) is 7.05 Å². The SMILES string of the molecule is Cn1cc(CSc2ccc(C(=O)O)cn2)nn1. The summed E-state index contributed by atoms with van der Waals surface area (Å²) in [4.78, 5) is 14.7. The summed E-state index contributed by atoms with van der Waals surface area (Å²) in [5.74, 6) is -0.309. The van der Waals surface area contributed by atoms with Crippen LogP contribution in [0.5, 0.6) is 0 Å². The molecule has 0 saturated carbocycles. The third kappa shape index (κ3) is 3.04. The summed E-state index contributed by atoms with van der Waals surface area (Å²) in [6.45, 7) is 0. The van der Waals surface area contributed by atoms with Crippen LogP contribution in [0.4, 0.5) is 0 Å². The fourth-order valence-corrected chi connectivity index (χ4v) is 1.92. The molecule has 0 unspecified atom stereocenters. The van der Waals surface area contributed by atoms with Crippen LogP contribution in [0.25, 0.3) is 0 Å². The summed E-state index contributed by atoms with van der Waals surface area (Å²) in [5.41, 5.74) is 1.05. The molecule has 0 amide bonds. The number of hydrogen-bond acceptors (Lipinski definition) is 5. The van der Waals surface area contributed by atoms with Gasteiger partial charge in [-0.15, -0.1) is 5.10 Å². The highest BCUT2D eigenvalue weighted by molar-refractivity contribution is 7.98. The van der Waals surface area contributed by atoms with Gasteiger partial charge in [0.15, 0.2) is 0 Å². The molecule has 0 saturated heterocycles. The Labute approximate surface area is 102 Å². The quantitative estimate of drug-likeness (QED) is 0.821. The van der Waals surface area contributed by atoms with Gasteiger partial charge in [0.05, 0.1) is 16.3 Å². The van der Waals surface area contributed by atoms with E-state index in [1.807, 2.05) is 6.20 Å². The smallest absolute Gasteiger partial charge is 0.337 e. The first-order valence-corrected chi connectivity index (χ1v) is 5.81. The molecule has 0 spiro atoms. The van der Waals surface area contributed by atoms with Crippen molar-refractivity contribution in [3.63, 3.8) is 0 Å². The topological polar surface area (TPSA) is 80.9 Å². The van der Waals surface area contributed by atoms with Gasteiger partial charge in [-0.25, -0.2) is 9.78 Å². The van der Waals surface area contributed by atoms with Crippen LogP contribution in [0, 0.1) is 0 Å². The van der Waals surface area contributed by atoms with Crippen molar-refractivity contribution in [1.29, 1.82) is 0 Å². The van der Waals surface area contributed by atoms with Crippen LogP contribution < -0.4 is 0 Å². The Morgan fingerprint density at radius 2 is 2.35 bits per heavy atom. The Morgan fingerprint density at radius 3 is 2.88 bits per heavy atom. The monoisotopic (exact) mass is 250 g/mol. The number of aryl methyl sites for hydroxylation is 1. The number of aromatic carboxylic acids is 1. The largest absolute Gasteiger partial charge is 0.478 e. The van der Waals surface area contributed by atoms with Crippen LogP contribution in [0.1, 0.15) is 16.1 Å². The van der Waals surface area contributed by atoms with Gasteiger partial charge in [-0.05, 0) is 12.1 Å². The number of aromatic nitrogens is 4. The van der Waals surface area contributed by atoms with Gasteiger partial charge in [0.2, 0.25) is 0 Å². The maximum absolute atomic E-state index is 10.6. The molecule has 2 aromatic heterocycles. The molecule has 2 heterocycles. The van der Waals surface area contributed by atoms with E-state index < -0.39 is 5.97 Å². The van der Waals surface area contributed by atoms with Gasteiger partial charge >= 0.3 is 5.97 Å². The lowest BCUT2D eigenvalue weighted by molar-refractivity contribution is 0.0696. The first-order chi connectivity index (χ1) is 8.15. The Balaban J connectivity index is 1.97. The predicted molar refractivity (Wildman–Crippen MR) is 61.8 cm³/mol. The summed E-state index contributed by atoms with van der Waals surface area (Å²) in [6.07, 6.45) is 3.18. The van der Waals surface area contributed by atoms with Gasteiger partial charge in [-0.3, -0.25) is 4.68 Å². The van der Waals surface area contributed by atoms with E-state index >= 15 is 0 Å². The average Bonchev–Trinajstić information content (AvgIpc) is 2.73. The minimum absolute atomic E-state index is 0.189. The highest BCUT2D eigenvalue weighted by atomic mass is 32.2. The zero-order chi connectivity index (χ0) is 12.3. The predicted octanol–water partition coefficient (Wildman–Crippen LogP) is 1.20. The second kappa shape index (κ2) is 4.96. The Morgan fingerprint density at radius 1 is 1.53 bits per heavy atom. The van der Waals surface area contributed by atoms with Crippen LogP contribution in [-0.2, 0) is 12.8 Å². The third-order valence-corrected chi connectivity index (χ3v) is 2.98. The zero-order valence-corrected chi connectivity index (χ0v) is 9.89. The van der Waals surface area contributed by atoms with E-state index in [0.717, 1.165) is 10.7 Å². The number of rotatable bonds is 4. The number of pyridine rings is 1. The second-order valence-electron chi connectivity index (χ2n) is 3.36. The summed E-state index contributed by atoms with van der Waals surface area (Å²) in [6, 6.07) is 3.22. The summed E-state index contributed by atoms with van der Waals surface area (Å²) < 4.78 is 1.64. The van der Waals surface area contributed by atoms with Crippen LogP contribution in [0.2, 0.25) is 0 Å². The van der Waals surface area contributed by atoms with Gasteiger partial charge in [0, 0.05) is 25.2 Å². The molecule has 17 heavy (non-hydrogen) atoms. The lowest BCUT2D eigenvalue weighted by Gasteiger charge is -1.98. The molecule has 7 heteroatoms. The summed E-state index contributed by atoms with van der Waals surface area (Å²) in [5, 5.41) is 17.3. The molecule has 0 atom stereocenters. The van der Waals surface area contributed by atoms with Crippen molar-refractivity contribution in [2.75, 3.05) is 0 Å². The van der Waals surface area contributed by atoms with Gasteiger partial charge in [0.25, 0.3) is 0 Å². The fraction of sp³-hybridized carbons (Fsp3) is 0.200. The fourth-order valence-electron chi connectivity index (χ4n) is 1.20. The molecule has 0 fully saturated rings. The van der Waals surface area contributed by atoms with Crippen molar-refractivity contribution in [1.82, 2.24) is 20.0 Å². The maximum atomic E-state index is 10.6. The molecule has 0 aliphatic carbocycles. The Bertz CT molecular complexity index is 523. The van der Waals surface area contributed by atoms with E-state index in [9.17, 15) is 4.79 Å². The van der Waals surface area contributed by atoms with Gasteiger partial charge < -0.3 is 5.11 Å². The average molecular weight is 250 g/mol. The number of carboxylic acids is 1. The maximum Gasteiger partial charge on any atom is 0.337 e. The van der Waals surface area contributed by atoms with Gasteiger partial charge in [0.1, 0.15) is 0 Å². The molecular weight excluding hydrogens is 240 g/mol. The molecule has 0 bridgehead atoms. The van der Waals surface area contributed by atoms with Gasteiger partial charge in [-0.1, -0.05) is 17.0 Å². The standard InChI is InChI=1S/C10H10N4O2S/c1-14-5-8(12-13-14)6-17-9-3-2-7(4-11-9)10(15)16/h2-5H,6H2,1H3,(H,15,16). The highest BCUT2D eigenvalue weighted by Crippen LogP contribution is 2.19. The lowest BCUT2D eigenvalue weighted by atomic mass is 10.3. The number of carbonyl (C=O) groups is 1. The van der Waals surface area contributed by atoms with E-state index in [0.29, 0.717) is 5.75 Å². The summed E-state index contributed by atoms with van der Waals surface area (Å²) >= 11 is 1.49. The molecule has 2 rings (SSSR count). The number of nitrogens with zero attached hydrogens (tertiary/aromatic N) is 4. The molecule has 88 valence electrons. The van der Waals surface area contributed by atoms with E-state index in [1.165, 1.54) is 24.0 Å². The van der Waals surface area contributed by atoms with Gasteiger partial charge in [-0.2, -0.15) is 0 Å². The van der Waals surface area contributed by atoms with Crippen molar-refractivity contribution < 1.29 is 9.90 Å². The van der Waals surface area contributed by atoms with Crippen LogP contribution in [-0.4, -0.2) is 31.1 Å². The second-order valence-corrected chi connectivity index (χ2v) is 4.36. The molecule has 0 aliphatic heterocycles. The van der Waals surface area contributed by atoms with E-state index in [1.54, 1.807) is 17.8 Å². The first kappa shape index (κ1) is 11.6. The van der Waals surface area contributed by atoms with E-state index in [-0.39, 0.29) is 5.56 Å². The molecule has 0 radical (unpaired) electrons. The van der Waals surface area contributed by atoms with Crippen molar-refractivity contribution in [2.45, 2.75) is 10.8 Å². The number of carboxylic acid groups (broad SMARTS) is 1. The molecular formula is C10H10N4O2S. The number of hydrogen-bond donors (Lipinski definition) is 1. The number of thioether (sulfide) groups is 1. The van der Waals surface area contributed by atoms with Crippen molar-refractivity contribution in [3.8, 4) is 0 Å². The molecule has 1 N–H and O–H groups in total. The minimum Gasteiger partial charge on any atom is -0.478 e. The molecule has 0 aromatic carbocycles. The summed E-state index contributed by atoms with van der Waals surface area (Å²) in [7, 11) is 1.81. The van der Waals surface area contributed by atoms with E-state index in [4.69, 9.17) is 5.11 Å². The molecule has 0 aliphatic rings. The molecule has 2 aromatic rings. The Kier molecular flexibility index (Phi) is 3.38. The minimum atomic E-state index is -0.969. The van der Waals surface area contributed by atoms with Crippen LogP contribution in [0.15, 0.2) is 29.6 Å². The normalized spacial score (nSPS) is 10.4.